The molecular formula is C15H27N3O2. The highest BCUT2D eigenvalue weighted by molar-refractivity contribution is 5.81. The molecule has 2 heterocycles. The van der Waals surface area contributed by atoms with Crippen molar-refractivity contribution in [3.63, 3.8) is 0 Å². The van der Waals surface area contributed by atoms with Crippen LogP contribution in [0.2, 0.25) is 0 Å². The maximum Gasteiger partial charge on any atom is 0.227 e. The largest absolute Gasteiger partial charge is 0.342 e. The van der Waals surface area contributed by atoms with Gasteiger partial charge in [-0.1, -0.05) is 0 Å². The Hall–Kier alpha value is -1.10. The molecule has 5 nitrogen and oxygen atoms in total. The molecule has 3 atom stereocenters. The summed E-state index contributed by atoms with van der Waals surface area (Å²) >= 11 is 0. The lowest BCUT2D eigenvalue weighted by Gasteiger charge is -2.41. The number of likely N-dealkylation sites (tertiary alicyclic amines) is 2. The van der Waals surface area contributed by atoms with Gasteiger partial charge < -0.3 is 15.5 Å². The minimum atomic E-state index is -0.0352. The van der Waals surface area contributed by atoms with Gasteiger partial charge in [0.25, 0.3) is 0 Å². The second-order valence-corrected chi connectivity index (χ2v) is 6.26. The van der Waals surface area contributed by atoms with E-state index in [9.17, 15) is 9.59 Å². The number of piperidine rings is 2. The highest BCUT2D eigenvalue weighted by Gasteiger charge is 2.35. The van der Waals surface area contributed by atoms with Crippen molar-refractivity contribution >= 4 is 11.8 Å². The van der Waals surface area contributed by atoms with Crippen molar-refractivity contribution in [2.24, 2.45) is 11.7 Å². The van der Waals surface area contributed by atoms with Crippen molar-refractivity contribution < 1.29 is 9.59 Å². The Kier molecular flexibility index (Phi) is 5.02. The van der Waals surface area contributed by atoms with Gasteiger partial charge in [0.05, 0.1) is 5.92 Å². The third-order valence-electron chi connectivity index (χ3n) is 4.66. The number of nitrogens with zero attached hydrogens (tertiary/aromatic N) is 2. The first-order valence-electron chi connectivity index (χ1n) is 7.82. The van der Waals surface area contributed by atoms with E-state index in [2.05, 4.69) is 0 Å². The molecular weight excluding hydrogens is 254 g/mol. The lowest BCUT2D eigenvalue weighted by atomic mass is 9.91. The van der Waals surface area contributed by atoms with Crippen molar-refractivity contribution in [1.82, 2.24) is 9.80 Å². The summed E-state index contributed by atoms with van der Waals surface area (Å²) in [4.78, 5) is 28.1. The fourth-order valence-corrected chi connectivity index (χ4v) is 3.48. The van der Waals surface area contributed by atoms with Crippen LogP contribution in [0.1, 0.15) is 46.0 Å². The van der Waals surface area contributed by atoms with Crippen LogP contribution in [0.3, 0.4) is 0 Å². The Balaban J connectivity index is 2.03. The van der Waals surface area contributed by atoms with E-state index >= 15 is 0 Å². The summed E-state index contributed by atoms with van der Waals surface area (Å²) in [7, 11) is 0. The van der Waals surface area contributed by atoms with Gasteiger partial charge in [0.1, 0.15) is 0 Å². The number of rotatable bonds is 2. The number of hydrogen-bond donors (Lipinski definition) is 1. The van der Waals surface area contributed by atoms with E-state index in [1.807, 2.05) is 11.8 Å². The van der Waals surface area contributed by atoms with Crippen LogP contribution < -0.4 is 5.73 Å². The van der Waals surface area contributed by atoms with Crippen LogP contribution in [0.4, 0.5) is 0 Å². The molecule has 2 rings (SSSR count). The van der Waals surface area contributed by atoms with E-state index in [4.69, 9.17) is 5.73 Å². The van der Waals surface area contributed by atoms with Gasteiger partial charge in [-0.25, -0.2) is 0 Å². The molecule has 114 valence electrons. The highest BCUT2D eigenvalue weighted by Crippen LogP contribution is 2.25. The molecule has 0 aromatic heterocycles. The molecule has 0 aliphatic carbocycles. The molecule has 0 radical (unpaired) electrons. The van der Waals surface area contributed by atoms with Crippen LogP contribution in [-0.4, -0.2) is 53.3 Å². The number of nitrogens with two attached hydrogens (primary N) is 1. The third kappa shape index (κ3) is 3.32. The lowest BCUT2D eigenvalue weighted by Crippen LogP contribution is -2.55. The van der Waals surface area contributed by atoms with Gasteiger partial charge in [-0.15, -0.1) is 0 Å². The third-order valence-corrected chi connectivity index (χ3v) is 4.66. The predicted octanol–water partition coefficient (Wildman–Crippen LogP) is 0.973. The number of carbonyl (C=O) groups is 2. The standard InChI is InChI=1S/C15H27N3O2/c1-11(16)14-7-3-4-9-18(14)15(20)13-6-5-8-17(10-13)12(2)19/h11,13-14H,3-10,16H2,1-2H3. The number of carbonyl (C=O) groups excluding carboxylic acids is 2. The van der Waals surface area contributed by atoms with Gasteiger partial charge in [0.2, 0.25) is 11.8 Å². The first-order valence-corrected chi connectivity index (χ1v) is 7.82. The molecule has 0 aromatic rings. The van der Waals surface area contributed by atoms with E-state index in [0.717, 1.165) is 45.2 Å². The summed E-state index contributed by atoms with van der Waals surface area (Å²) in [5.74, 6) is 0.245. The summed E-state index contributed by atoms with van der Waals surface area (Å²) in [5.41, 5.74) is 6.04. The number of hydrogen-bond acceptors (Lipinski definition) is 3. The van der Waals surface area contributed by atoms with Crippen molar-refractivity contribution in [3.8, 4) is 0 Å². The molecule has 0 bridgehead atoms. The molecule has 2 N–H and O–H groups in total. The summed E-state index contributed by atoms with van der Waals surface area (Å²) in [6, 6.07) is 0.190. The fraction of sp³-hybridized carbons (Fsp3) is 0.867. The molecule has 20 heavy (non-hydrogen) atoms. The molecule has 2 amide bonds. The fourth-order valence-electron chi connectivity index (χ4n) is 3.48. The van der Waals surface area contributed by atoms with E-state index in [-0.39, 0.29) is 29.8 Å². The average molecular weight is 281 g/mol. The average Bonchev–Trinajstić information content (AvgIpc) is 2.46. The van der Waals surface area contributed by atoms with Crippen molar-refractivity contribution in [3.05, 3.63) is 0 Å². The zero-order valence-electron chi connectivity index (χ0n) is 12.7. The van der Waals surface area contributed by atoms with E-state index in [1.54, 1.807) is 11.8 Å². The molecule has 2 saturated heterocycles. The van der Waals surface area contributed by atoms with Crippen LogP contribution in [0.5, 0.6) is 0 Å². The Bertz CT molecular complexity index is 370. The predicted molar refractivity (Wildman–Crippen MR) is 78.0 cm³/mol. The molecule has 2 aliphatic rings. The van der Waals surface area contributed by atoms with Crippen LogP contribution in [-0.2, 0) is 9.59 Å². The van der Waals surface area contributed by atoms with E-state index < -0.39 is 0 Å². The summed E-state index contributed by atoms with van der Waals surface area (Å²) in [5, 5.41) is 0. The maximum absolute atomic E-state index is 12.8. The van der Waals surface area contributed by atoms with Crippen molar-refractivity contribution in [2.45, 2.75) is 58.0 Å². The molecule has 5 heteroatoms. The highest BCUT2D eigenvalue weighted by atomic mass is 16.2. The lowest BCUT2D eigenvalue weighted by molar-refractivity contribution is -0.143. The molecule has 0 spiro atoms. The second-order valence-electron chi connectivity index (χ2n) is 6.26. The van der Waals surface area contributed by atoms with Gasteiger partial charge in [-0.2, -0.15) is 0 Å². The number of amides is 2. The molecule has 2 fully saturated rings. The minimum absolute atomic E-state index is 0.0201. The Morgan fingerprint density at radius 3 is 2.55 bits per heavy atom. The topological polar surface area (TPSA) is 66.6 Å². The SMILES string of the molecule is CC(=O)N1CCCC(C(=O)N2CCCCC2C(C)N)C1. The quantitative estimate of drug-likeness (QED) is 0.820. The van der Waals surface area contributed by atoms with E-state index in [1.165, 1.54) is 0 Å². The Morgan fingerprint density at radius 1 is 1.15 bits per heavy atom. The van der Waals surface area contributed by atoms with Gasteiger partial charge in [0.15, 0.2) is 0 Å². The first-order chi connectivity index (χ1) is 9.50. The van der Waals surface area contributed by atoms with Gasteiger partial charge in [0, 0.05) is 38.6 Å². The monoisotopic (exact) mass is 281 g/mol. The van der Waals surface area contributed by atoms with Gasteiger partial charge >= 0.3 is 0 Å². The van der Waals surface area contributed by atoms with Crippen LogP contribution >= 0.6 is 0 Å². The maximum atomic E-state index is 12.8. The summed E-state index contributed by atoms with van der Waals surface area (Å²) in [6.07, 6.45) is 5.04. The molecule has 0 saturated carbocycles. The summed E-state index contributed by atoms with van der Waals surface area (Å²) < 4.78 is 0. The molecule has 2 aliphatic heterocycles. The Morgan fingerprint density at radius 2 is 1.90 bits per heavy atom. The minimum Gasteiger partial charge on any atom is -0.342 e. The van der Waals surface area contributed by atoms with Crippen LogP contribution in [0.15, 0.2) is 0 Å². The first kappa shape index (κ1) is 15.3. The second kappa shape index (κ2) is 6.57. The molecule has 0 aromatic carbocycles. The summed E-state index contributed by atoms with van der Waals surface area (Å²) in [6.45, 7) is 5.76. The van der Waals surface area contributed by atoms with Crippen LogP contribution in [0.25, 0.3) is 0 Å². The Labute approximate surface area is 121 Å². The van der Waals surface area contributed by atoms with E-state index in [0.29, 0.717) is 6.54 Å². The van der Waals surface area contributed by atoms with Crippen molar-refractivity contribution in [2.75, 3.05) is 19.6 Å². The zero-order chi connectivity index (χ0) is 14.7. The van der Waals surface area contributed by atoms with Crippen LogP contribution in [0, 0.1) is 5.92 Å². The zero-order valence-corrected chi connectivity index (χ0v) is 12.7. The molecule has 3 unspecified atom stereocenters. The normalized spacial score (nSPS) is 29.1. The van der Waals surface area contributed by atoms with Gasteiger partial charge in [-0.3, -0.25) is 9.59 Å². The van der Waals surface area contributed by atoms with Crippen molar-refractivity contribution in [1.29, 1.82) is 0 Å². The smallest absolute Gasteiger partial charge is 0.227 e. The van der Waals surface area contributed by atoms with Gasteiger partial charge in [-0.05, 0) is 39.0 Å².